The van der Waals surface area contributed by atoms with E-state index in [1.165, 1.54) is 32.1 Å². The van der Waals surface area contributed by atoms with Gasteiger partial charge >= 0.3 is 5.97 Å². The van der Waals surface area contributed by atoms with Gasteiger partial charge in [0.25, 0.3) is 5.91 Å². The first-order chi connectivity index (χ1) is 12.1. The number of hydrogen-bond acceptors (Lipinski definition) is 4. The normalized spacial score (nSPS) is 14.8. The molecule has 138 valence electrons. The number of hydrogen-bond donors (Lipinski definition) is 2. The van der Waals surface area contributed by atoms with Gasteiger partial charge in [-0.2, -0.15) is 0 Å². The van der Waals surface area contributed by atoms with Gasteiger partial charge in [0.15, 0.2) is 18.1 Å². The molecule has 1 amide bonds. The summed E-state index contributed by atoms with van der Waals surface area (Å²) in [5, 5.41) is 11.7. The summed E-state index contributed by atoms with van der Waals surface area (Å²) in [6.07, 6.45) is 7.48. The molecule has 1 fully saturated rings. The second-order valence-corrected chi connectivity index (χ2v) is 6.33. The molecule has 0 atom stereocenters. The minimum absolute atomic E-state index is 0.151. The number of amides is 1. The second kappa shape index (κ2) is 9.91. The average Bonchev–Trinajstić information content (AvgIpc) is 2.61. The Morgan fingerprint density at radius 3 is 2.60 bits per heavy atom. The number of benzene rings is 1. The summed E-state index contributed by atoms with van der Waals surface area (Å²) in [7, 11) is 0. The summed E-state index contributed by atoms with van der Waals surface area (Å²) in [5.41, 5.74) is 0.481. The zero-order chi connectivity index (χ0) is 18.1. The molecule has 0 saturated heterocycles. The molecule has 0 unspecified atom stereocenters. The molecule has 0 heterocycles. The molecule has 6 heteroatoms. The molecule has 6 nitrogen and oxygen atoms in total. The van der Waals surface area contributed by atoms with Crippen LogP contribution < -0.4 is 14.8 Å². The van der Waals surface area contributed by atoms with Gasteiger partial charge in [0, 0.05) is 12.1 Å². The lowest BCUT2D eigenvalue weighted by atomic mass is 9.87. The van der Waals surface area contributed by atoms with E-state index in [1.54, 1.807) is 18.2 Å². The van der Waals surface area contributed by atoms with Crippen molar-refractivity contribution in [1.29, 1.82) is 0 Å². The van der Waals surface area contributed by atoms with Crippen molar-refractivity contribution in [3.05, 3.63) is 23.8 Å². The molecule has 2 N–H and O–H groups in total. The number of carboxylic acids is 1. The van der Waals surface area contributed by atoms with E-state index in [1.807, 2.05) is 6.92 Å². The second-order valence-electron chi connectivity index (χ2n) is 6.33. The Kier molecular flexibility index (Phi) is 7.57. The molecule has 0 radical (unpaired) electrons. The third-order valence-electron chi connectivity index (χ3n) is 4.42. The highest BCUT2D eigenvalue weighted by atomic mass is 16.5. The van der Waals surface area contributed by atoms with E-state index in [9.17, 15) is 9.59 Å². The molecule has 1 saturated carbocycles. The molecular weight excluding hydrogens is 322 g/mol. The van der Waals surface area contributed by atoms with Crippen LogP contribution >= 0.6 is 0 Å². The lowest BCUT2D eigenvalue weighted by Gasteiger charge is -2.21. The summed E-state index contributed by atoms with van der Waals surface area (Å²) in [6, 6.07) is 4.79. The van der Waals surface area contributed by atoms with Crippen LogP contribution in [0.25, 0.3) is 0 Å². The van der Waals surface area contributed by atoms with E-state index in [-0.39, 0.29) is 5.91 Å². The standard InChI is InChI=1S/C19H27NO5/c1-2-24-17-12-15(8-9-16(17)25-13-18(21)22)19(23)20-11-10-14-6-4-3-5-7-14/h8-9,12,14H,2-7,10-11,13H2,1H3,(H,20,23)(H,21,22). The fourth-order valence-corrected chi connectivity index (χ4v) is 3.14. The van der Waals surface area contributed by atoms with Gasteiger partial charge in [-0.15, -0.1) is 0 Å². The fraction of sp³-hybridized carbons (Fsp3) is 0.579. The van der Waals surface area contributed by atoms with Crippen LogP contribution in [0.4, 0.5) is 0 Å². The Bertz CT molecular complexity index is 581. The van der Waals surface area contributed by atoms with Gasteiger partial charge in [0.05, 0.1) is 6.61 Å². The van der Waals surface area contributed by atoms with Crippen LogP contribution in [0.2, 0.25) is 0 Å². The maximum absolute atomic E-state index is 12.3. The molecule has 1 aliphatic rings. The summed E-state index contributed by atoms with van der Waals surface area (Å²) in [5.74, 6) is 0.208. The SMILES string of the molecule is CCOc1cc(C(=O)NCCC2CCCCC2)ccc1OCC(=O)O. The van der Waals surface area contributed by atoms with Gasteiger partial charge in [0.2, 0.25) is 0 Å². The third-order valence-corrected chi connectivity index (χ3v) is 4.42. The quantitative estimate of drug-likeness (QED) is 0.715. The van der Waals surface area contributed by atoms with E-state index in [4.69, 9.17) is 14.6 Å². The zero-order valence-corrected chi connectivity index (χ0v) is 14.8. The first-order valence-corrected chi connectivity index (χ1v) is 8.99. The van der Waals surface area contributed by atoms with Gasteiger partial charge in [0.1, 0.15) is 0 Å². The lowest BCUT2D eigenvalue weighted by Crippen LogP contribution is -2.26. The summed E-state index contributed by atoms with van der Waals surface area (Å²) in [6.45, 7) is 2.44. The van der Waals surface area contributed by atoms with E-state index >= 15 is 0 Å². The van der Waals surface area contributed by atoms with Crippen molar-refractivity contribution in [3.63, 3.8) is 0 Å². The van der Waals surface area contributed by atoms with Crippen LogP contribution in [0.5, 0.6) is 11.5 Å². The van der Waals surface area contributed by atoms with Gasteiger partial charge in [-0.1, -0.05) is 32.1 Å². The van der Waals surface area contributed by atoms with E-state index in [0.29, 0.717) is 30.2 Å². The number of carbonyl (C=O) groups is 2. The van der Waals surface area contributed by atoms with Crippen molar-refractivity contribution in [1.82, 2.24) is 5.32 Å². The monoisotopic (exact) mass is 349 g/mol. The predicted octanol–water partition coefficient (Wildman–Crippen LogP) is 3.25. The third kappa shape index (κ3) is 6.29. The topological polar surface area (TPSA) is 84.9 Å². The Morgan fingerprint density at radius 2 is 1.92 bits per heavy atom. The van der Waals surface area contributed by atoms with Crippen LogP contribution in [0.3, 0.4) is 0 Å². The Hall–Kier alpha value is -2.24. The van der Waals surface area contributed by atoms with Crippen molar-refractivity contribution < 1.29 is 24.2 Å². The first-order valence-electron chi connectivity index (χ1n) is 8.99. The highest BCUT2D eigenvalue weighted by Crippen LogP contribution is 2.29. The number of nitrogens with one attached hydrogen (secondary N) is 1. The number of carboxylic acid groups (broad SMARTS) is 1. The molecule has 0 spiro atoms. The number of rotatable bonds is 9. The number of carbonyl (C=O) groups excluding carboxylic acids is 1. The predicted molar refractivity (Wildman–Crippen MR) is 94.3 cm³/mol. The summed E-state index contributed by atoms with van der Waals surface area (Å²) >= 11 is 0. The van der Waals surface area contributed by atoms with Crippen molar-refractivity contribution >= 4 is 11.9 Å². The number of ether oxygens (including phenoxy) is 2. The molecule has 2 rings (SSSR count). The van der Waals surface area contributed by atoms with Crippen LogP contribution in [0, 0.1) is 5.92 Å². The van der Waals surface area contributed by atoms with E-state index < -0.39 is 12.6 Å². The highest BCUT2D eigenvalue weighted by Gasteiger charge is 2.15. The Labute approximate surface area is 148 Å². The maximum Gasteiger partial charge on any atom is 0.341 e. The molecular formula is C19H27NO5. The molecule has 1 aliphatic carbocycles. The van der Waals surface area contributed by atoms with Crippen molar-refractivity contribution in [3.8, 4) is 11.5 Å². The fourth-order valence-electron chi connectivity index (χ4n) is 3.14. The maximum atomic E-state index is 12.3. The van der Waals surface area contributed by atoms with Crippen molar-refractivity contribution in [2.75, 3.05) is 19.8 Å². The minimum Gasteiger partial charge on any atom is -0.490 e. The molecule has 0 aromatic heterocycles. The minimum atomic E-state index is -1.06. The lowest BCUT2D eigenvalue weighted by molar-refractivity contribution is -0.139. The summed E-state index contributed by atoms with van der Waals surface area (Å²) in [4.78, 5) is 23.0. The van der Waals surface area contributed by atoms with E-state index in [0.717, 1.165) is 12.3 Å². The molecule has 0 aliphatic heterocycles. The van der Waals surface area contributed by atoms with Gasteiger partial charge < -0.3 is 19.9 Å². The van der Waals surface area contributed by atoms with Gasteiger partial charge in [-0.05, 0) is 37.5 Å². The Balaban J connectivity index is 1.91. The smallest absolute Gasteiger partial charge is 0.341 e. The van der Waals surface area contributed by atoms with Gasteiger partial charge in [-0.25, -0.2) is 4.79 Å². The van der Waals surface area contributed by atoms with Crippen LogP contribution in [-0.2, 0) is 4.79 Å². The van der Waals surface area contributed by atoms with Crippen LogP contribution in [0.15, 0.2) is 18.2 Å². The molecule has 1 aromatic rings. The van der Waals surface area contributed by atoms with Crippen LogP contribution in [-0.4, -0.2) is 36.7 Å². The highest BCUT2D eigenvalue weighted by molar-refractivity contribution is 5.94. The largest absolute Gasteiger partial charge is 0.490 e. The molecule has 0 bridgehead atoms. The zero-order valence-electron chi connectivity index (χ0n) is 14.8. The molecule has 1 aromatic carbocycles. The van der Waals surface area contributed by atoms with Gasteiger partial charge in [-0.3, -0.25) is 4.79 Å². The Morgan fingerprint density at radius 1 is 1.16 bits per heavy atom. The van der Waals surface area contributed by atoms with Crippen molar-refractivity contribution in [2.24, 2.45) is 5.92 Å². The molecule has 25 heavy (non-hydrogen) atoms. The van der Waals surface area contributed by atoms with Crippen molar-refractivity contribution in [2.45, 2.75) is 45.4 Å². The first kappa shape index (κ1) is 19.1. The van der Waals surface area contributed by atoms with Crippen LogP contribution in [0.1, 0.15) is 55.8 Å². The number of aliphatic carboxylic acids is 1. The average molecular weight is 349 g/mol. The van der Waals surface area contributed by atoms with E-state index in [2.05, 4.69) is 5.32 Å². The summed E-state index contributed by atoms with van der Waals surface area (Å²) < 4.78 is 10.7.